The third kappa shape index (κ3) is 5.84. The van der Waals surface area contributed by atoms with Crippen LogP contribution in [0.3, 0.4) is 0 Å². The highest BCUT2D eigenvalue weighted by Crippen LogP contribution is 2.22. The van der Waals surface area contributed by atoms with Crippen LogP contribution in [0.5, 0.6) is 0 Å². The van der Waals surface area contributed by atoms with E-state index in [1.807, 2.05) is 48.5 Å². The molecule has 0 spiro atoms. The van der Waals surface area contributed by atoms with Crippen LogP contribution in [0.2, 0.25) is 10.0 Å². The summed E-state index contributed by atoms with van der Waals surface area (Å²) in [6.07, 6.45) is 4.39. The molecular formula is C16H14Cl2S2. The van der Waals surface area contributed by atoms with Crippen molar-refractivity contribution in [3.8, 4) is 0 Å². The van der Waals surface area contributed by atoms with E-state index >= 15 is 0 Å². The summed E-state index contributed by atoms with van der Waals surface area (Å²) in [5, 5.41) is 1.56. The van der Waals surface area contributed by atoms with Gasteiger partial charge >= 0.3 is 0 Å². The first-order valence-electron chi connectivity index (χ1n) is 6.16. The minimum absolute atomic E-state index is 0.782. The summed E-state index contributed by atoms with van der Waals surface area (Å²) in [6, 6.07) is 15.9. The molecular weight excluding hydrogens is 327 g/mol. The minimum atomic E-state index is 0.782. The monoisotopic (exact) mass is 340 g/mol. The first-order valence-corrected chi connectivity index (χ1v) is 8.88. The number of hydrogen-bond donors (Lipinski definition) is 0. The Labute approximate surface area is 138 Å². The molecule has 0 fully saturated rings. The van der Waals surface area contributed by atoms with Gasteiger partial charge < -0.3 is 0 Å². The summed E-state index contributed by atoms with van der Waals surface area (Å²) in [6.45, 7) is 0. The topological polar surface area (TPSA) is 0 Å². The lowest BCUT2D eigenvalue weighted by atomic mass is 10.4. The third-order valence-corrected chi connectivity index (χ3v) is 4.92. The summed E-state index contributed by atoms with van der Waals surface area (Å²) >= 11 is 15.3. The maximum atomic E-state index is 5.85. The van der Waals surface area contributed by atoms with E-state index in [0.29, 0.717) is 0 Å². The fourth-order valence-corrected chi connectivity index (χ4v) is 3.24. The first-order chi connectivity index (χ1) is 9.74. The molecule has 0 aliphatic heterocycles. The molecule has 0 aromatic heterocycles. The average Bonchev–Trinajstić information content (AvgIpc) is 2.46. The van der Waals surface area contributed by atoms with Gasteiger partial charge in [0.25, 0.3) is 0 Å². The molecule has 0 nitrogen and oxygen atoms in total. The van der Waals surface area contributed by atoms with Crippen LogP contribution >= 0.6 is 46.7 Å². The Balaban J connectivity index is 1.67. The Morgan fingerprint density at radius 2 is 1.00 bits per heavy atom. The summed E-state index contributed by atoms with van der Waals surface area (Å²) in [4.78, 5) is 2.48. The van der Waals surface area contributed by atoms with Crippen LogP contribution in [0.1, 0.15) is 0 Å². The second-order valence-electron chi connectivity index (χ2n) is 4.00. The van der Waals surface area contributed by atoms with Crippen molar-refractivity contribution in [1.82, 2.24) is 0 Å². The van der Waals surface area contributed by atoms with Gasteiger partial charge in [0.15, 0.2) is 0 Å². The number of thioether (sulfide) groups is 2. The zero-order valence-electron chi connectivity index (χ0n) is 10.8. The van der Waals surface area contributed by atoms with Crippen LogP contribution in [-0.4, -0.2) is 11.5 Å². The summed E-state index contributed by atoms with van der Waals surface area (Å²) < 4.78 is 0. The largest absolute Gasteiger partial charge is 0.122 e. The predicted molar refractivity (Wildman–Crippen MR) is 93.5 cm³/mol. The van der Waals surface area contributed by atoms with Crippen LogP contribution in [0.4, 0.5) is 0 Å². The molecule has 104 valence electrons. The van der Waals surface area contributed by atoms with Crippen LogP contribution in [0, 0.1) is 0 Å². The standard InChI is InChI=1S/C16H14Cl2S2/c17-13-3-7-15(8-4-13)19-11-1-2-12-20-16-9-5-14(18)6-10-16/h1-10H,11-12H2. The van der Waals surface area contributed by atoms with Gasteiger partial charge in [-0.15, -0.1) is 23.5 Å². The van der Waals surface area contributed by atoms with Gasteiger partial charge in [0.2, 0.25) is 0 Å². The molecule has 0 bridgehead atoms. The smallest absolute Gasteiger partial charge is 0.0406 e. The normalized spacial score (nSPS) is 11.1. The molecule has 0 radical (unpaired) electrons. The SMILES string of the molecule is Clc1ccc(SCC=CCSc2ccc(Cl)cc2)cc1. The lowest BCUT2D eigenvalue weighted by molar-refractivity contribution is 1.45. The molecule has 0 saturated carbocycles. The maximum absolute atomic E-state index is 5.85. The van der Waals surface area contributed by atoms with Gasteiger partial charge in [0.1, 0.15) is 0 Å². The molecule has 2 aromatic rings. The average molecular weight is 341 g/mol. The maximum Gasteiger partial charge on any atom is 0.0406 e. The van der Waals surface area contributed by atoms with E-state index in [0.717, 1.165) is 21.6 Å². The molecule has 4 heteroatoms. The Hall–Kier alpha value is -0.540. The van der Waals surface area contributed by atoms with Crippen molar-refractivity contribution in [2.75, 3.05) is 11.5 Å². The van der Waals surface area contributed by atoms with Crippen molar-refractivity contribution in [3.05, 3.63) is 70.7 Å². The van der Waals surface area contributed by atoms with Gasteiger partial charge in [-0.3, -0.25) is 0 Å². The highest BCUT2D eigenvalue weighted by molar-refractivity contribution is 7.99. The number of rotatable bonds is 6. The molecule has 20 heavy (non-hydrogen) atoms. The van der Waals surface area contributed by atoms with Crippen molar-refractivity contribution in [1.29, 1.82) is 0 Å². The van der Waals surface area contributed by atoms with Gasteiger partial charge in [-0.1, -0.05) is 35.4 Å². The minimum Gasteiger partial charge on any atom is -0.122 e. The van der Waals surface area contributed by atoms with E-state index in [2.05, 4.69) is 12.2 Å². The van der Waals surface area contributed by atoms with Crippen molar-refractivity contribution >= 4 is 46.7 Å². The van der Waals surface area contributed by atoms with Crippen LogP contribution in [0.25, 0.3) is 0 Å². The Morgan fingerprint density at radius 3 is 1.35 bits per heavy atom. The zero-order chi connectivity index (χ0) is 14.2. The fraction of sp³-hybridized carbons (Fsp3) is 0.125. The van der Waals surface area contributed by atoms with Crippen molar-refractivity contribution < 1.29 is 0 Å². The lowest BCUT2D eigenvalue weighted by Crippen LogP contribution is -1.77. The summed E-state index contributed by atoms with van der Waals surface area (Å²) in [5.74, 6) is 1.95. The number of hydrogen-bond acceptors (Lipinski definition) is 2. The Morgan fingerprint density at radius 1 is 0.650 bits per heavy atom. The molecule has 0 N–H and O–H groups in total. The first kappa shape index (κ1) is 15.8. The predicted octanol–water partition coefficient (Wildman–Crippen LogP) is 6.43. The van der Waals surface area contributed by atoms with Crippen molar-refractivity contribution in [3.63, 3.8) is 0 Å². The number of benzene rings is 2. The van der Waals surface area contributed by atoms with E-state index in [1.165, 1.54) is 9.79 Å². The van der Waals surface area contributed by atoms with Crippen LogP contribution in [0.15, 0.2) is 70.5 Å². The van der Waals surface area contributed by atoms with Crippen molar-refractivity contribution in [2.24, 2.45) is 0 Å². The van der Waals surface area contributed by atoms with Gasteiger partial charge in [0, 0.05) is 31.3 Å². The van der Waals surface area contributed by atoms with Gasteiger partial charge in [0.05, 0.1) is 0 Å². The number of halogens is 2. The third-order valence-electron chi connectivity index (χ3n) is 2.49. The van der Waals surface area contributed by atoms with E-state index in [-0.39, 0.29) is 0 Å². The van der Waals surface area contributed by atoms with Gasteiger partial charge in [-0.2, -0.15) is 0 Å². The Kier molecular flexibility index (Phi) is 6.88. The molecule has 2 aromatic carbocycles. The molecule has 0 atom stereocenters. The Bertz CT molecular complexity index is 496. The highest BCUT2D eigenvalue weighted by atomic mass is 35.5. The molecule has 0 heterocycles. The lowest BCUT2D eigenvalue weighted by Gasteiger charge is -1.99. The van der Waals surface area contributed by atoms with E-state index in [4.69, 9.17) is 23.2 Å². The van der Waals surface area contributed by atoms with E-state index < -0.39 is 0 Å². The second kappa shape index (κ2) is 8.68. The molecule has 0 saturated heterocycles. The molecule has 0 aliphatic rings. The van der Waals surface area contributed by atoms with E-state index in [1.54, 1.807) is 23.5 Å². The zero-order valence-corrected chi connectivity index (χ0v) is 13.9. The molecule has 0 aliphatic carbocycles. The van der Waals surface area contributed by atoms with E-state index in [9.17, 15) is 0 Å². The highest BCUT2D eigenvalue weighted by Gasteiger charge is 1.93. The second-order valence-corrected chi connectivity index (χ2v) is 7.06. The quantitative estimate of drug-likeness (QED) is 0.438. The molecule has 0 unspecified atom stereocenters. The van der Waals surface area contributed by atoms with Crippen molar-refractivity contribution in [2.45, 2.75) is 9.79 Å². The molecule has 0 amide bonds. The van der Waals surface area contributed by atoms with Gasteiger partial charge in [-0.25, -0.2) is 0 Å². The summed E-state index contributed by atoms with van der Waals surface area (Å²) in [7, 11) is 0. The van der Waals surface area contributed by atoms with Crippen LogP contribution < -0.4 is 0 Å². The fourth-order valence-electron chi connectivity index (χ4n) is 1.49. The van der Waals surface area contributed by atoms with Crippen LogP contribution in [-0.2, 0) is 0 Å². The van der Waals surface area contributed by atoms with Gasteiger partial charge in [-0.05, 0) is 48.5 Å². The summed E-state index contributed by atoms with van der Waals surface area (Å²) in [5.41, 5.74) is 0. The molecule has 2 rings (SSSR count).